The van der Waals surface area contributed by atoms with E-state index in [1.54, 1.807) is 13.8 Å². The summed E-state index contributed by atoms with van der Waals surface area (Å²) in [5, 5.41) is 17.1. The van der Waals surface area contributed by atoms with E-state index in [2.05, 4.69) is 26.3 Å². The van der Waals surface area contributed by atoms with Gasteiger partial charge in [-0.25, -0.2) is 0 Å². The second-order valence-electron chi connectivity index (χ2n) is 2.18. The van der Waals surface area contributed by atoms with Crippen LogP contribution in [-0.4, -0.2) is 35.6 Å². The highest BCUT2D eigenvalue weighted by atomic mass is 16.5. The summed E-state index contributed by atoms with van der Waals surface area (Å²) in [6.45, 7) is 15.7. The van der Waals surface area contributed by atoms with Crippen molar-refractivity contribution in [2.24, 2.45) is 0 Å². The van der Waals surface area contributed by atoms with Crippen molar-refractivity contribution in [3.8, 4) is 0 Å². The maximum atomic E-state index is 8.69. The first-order valence-electron chi connectivity index (χ1n) is 4.07. The lowest BCUT2D eigenvalue weighted by Crippen LogP contribution is -2.19. The molecule has 3 nitrogen and oxygen atoms in total. The molecule has 0 aromatic rings. The van der Waals surface area contributed by atoms with Crippen LogP contribution in [0.15, 0.2) is 26.3 Å². The number of ether oxygens (including phenoxy) is 1. The van der Waals surface area contributed by atoms with Crippen LogP contribution in [-0.2, 0) is 4.74 Å². The van der Waals surface area contributed by atoms with E-state index in [-0.39, 0.29) is 12.7 Å². The zero-order valence-electron chi connectivity index (χ0n) is 8.70. The normalized spacial score (nSPS) is 12.6. The first-order valence-corrected chi connectivity index (χ1v) is 4.07. The Morgan fingerprint density at radius 2 is 1.54 bits per heavy atom. The molecule has 0 aliphatic carbocycles. The summed E-state index contributed by atoms with van der Waals surface area (Å²) < 4.78 is 4.95. The Morgan fingerprint density at radius 1 is 1.15 bits per heavy atom. The SMILES string of the molecule is C=C.C=C.CC(O)COC(C)CO. The van der Waals surface area contributed by atoms with Gasteiger partial charge in [0.15, 0.2) is 0 Å². The van der Waals surface area contributed by atoms with Gasteiger partial charge in [0, 0.05) is 0 Å². The highest BCUT2D eigenvalue weighted by molar-refractivity contribution is 4.47. The summed E-state index contributed by atoms with van der Waals surface area (Å²) in [6.07, 6.45) is -0.612. The van der Waals surface area contributed by atoms with Gasteiger partial charge in [-0.3, -0.25) is 0 Å². The third kappa shape index (κ3) is 24.6. The summed E-state index contributed by atoms with van der Waals surface area (Å²) in [4.78, 5) is 0. The summed E-state index contributed by atoms with van der Waals surface area (Å²) in [5.74, 6) is 0. The van der Waals surface area contributed by atoms with Crippen LogP contribution in [0.4, 0.5) is 0 Å². The van der Waals surface area contributed by atoms with Gasteiger partial charge < -0.3 is 14.9 Å². The Balaban J connectivity index is -0.000000218. The molecule has 2 atom stereocenters. The molecule has 3 heteroatoms. The number of hydrogen-bond donors (Lipinski definition) is 2. The molecule has 0 amide bonds. The molecule has 0 aromatic carbocycles. The highest BCUT2D eigenvalue weighted by Crippen LogP contribution is 1.90. The fourth-order valence-electron chi connectivity index (χ4n) is 0.356. The Labute approximate surface area is 81.4 Å². The summed E-state index contributed by atoms with van der Waals surface area (Å²) in [6, 6.07) is 0. The van der Waals surface area contributed by atoms with Crippen LogP contribution in [0.2, 0.25) is 0 Å². The van der Waals surface area contributed by atoms with Gasteiger partial charge in [-0.2, -0.15) is 0 Å². The lowest BCUT2D eigenvalue weighted by atomic mass is 10.4. The van der Waals surface area contributed by atoms with Gasteiger partial charge in [0.25, 0.3) is 0 Å². The molecule has 0 aliphatic heterocycles. The minimum absolute atomic E-state index is 0.00667. The second kappa shape index (κ2) is 17.4. The van der Waals surface area contributed by atoms with Crippen LogP contribution in [0.5, 0.6) is 0 Å². The van der Waals surface area contributed by atoms with Crippen LogP contribution < -0.4 is 0 Å². The van der Waals surface area contributed by atoms with Crippen molar-refractivity contribution in [1.29, 1.82) is 0 Å². The first-order chi connectivity index (χ1) is 6.16. The van der Waals surface area contributed by atoms with Crippen molar-refractivity contribution in [1.82, 2.24) is 0 Å². The van der Waals surface area contributed by atoms with E-state index in [0.717, 1.165) is 0 Å². The second-order valence-corrected chi connectivity index (χ2v) is 2.18. The van der Waals surface area contributed by atoms with E-state index in [0.29, 0.717) is 6.61 Å². The molecule has 0 saturated heterocycles. The van der Waals surface area contributed by atoms with Crippen LogP contribution >= 0.6 is 0 Å². The average molecular weight is 190 g/mol. The van der Waals surface area contributed by atoms with Gasteiger partial charge in [0.05, 0.1) is 25.4 Å². The molecule has 0 saturated carbocycles. The van der Waals surface area contributed by atoms with Crippen molar-refractivity contribution in [3.63, 3.8) is 0 Å². The average Bonchev–Trinajstić information content (AvgIpc) is 2.20. The lowest BCUT2D eigenvalue weighted by molar-refractivity contribution is -0.0177. The molecule has 0 aromatic heterocycles. The van der Waals surface area contributed by atoms with Crippen molar-refractivity contribution in [3.05, 3.63) is 26.3 Å². The van der Waals surface area contributed by atoms with E-state index < -0.39 is 6.10 Å². The topological polar surface area (TPSA) is 49.7 Å². The van der Waals surface area contributed by atoms with Crippen LogP contribution in [0.25, 0.3) is 0 Å². The Hall–Kier alpha value is -0.640. The fourth-order valence-corrected chi connectivity index (χ4v) is 0.356. The zero-order chi connectivity index (χ0) is 11.3. The minimum atomic E-state index is -0.445. The Morgan fingerprint density at radius 3 is 1.77 bits per heavy atom. The summed E-state index contributed by atoms with van der Waals surface area (Å²) >= 11 is 0. The van der Waals surface area contributed by atoms with Crippen molar-refractivity contribution in [2.45, 2.75) is 26.1 Å². The molecule has 0 radical (unpaired) electrons. The maximum absolute atomic E-state index is 8.69. The molecule has 80 valence electrons. The van der Waals surface area contributed by atoms with Crippen molar-refractivity contribution < 1.29 is 14.9 Å². The van der Waals surface area contributed by atoms with Crippen LogP contribution in [0, 0.1) is 0 Å². The summed E-state index contributed by atoms with van der Waals surface area (Å²) in [7, 11) is 0. The molecule has 0 fully saturated rings. The molecule has 2 unspecified atom stereocenters. The van der Waals surface area contributed by atoms with E-state index in [4.69, 9.17) is 14.9 Å². The largest absolute Gasteiger partial charge is 0.394 e. The van der Waals surface area contributed by atoms with Gasteiger partial charge in [-0.15, -0.1) is 26.3 Å². The van der Waals surface area contributed by atoms with Crippen molar-refractivity contribution >= 4 is 0 Å². The van der Waals surface area contributed by atoms with E-state index >= 15 is 0 Å². The summed E-state index contributed by atoms with van der Waals surface area (Å²) in [5.41, 5.74) is 0. The van der Waals surface area contributed by atoms with Gasteiger partial charge in [0.2, 0.25) is 0 Å². The van der Waals surface area contributed by atoms with Crippen molar-refractivity contribution in [2.75, 3.05) is 13.2 Å². The van der Waals surface area contributed by atoms with Crippen LogP contribution in [0.1, 0.15) is 13.8 Å². The molecule has 0 bridgehead atoms. The standard InChI is InChI=1S/C6H14O3.2C2H4/c1-5(8)4-9-6(2)3-7;2*1-2/h5-8H,3-4H2,1-2H3;2*1-2H2. The minimum Gasteiger partial charge on any atom is -0.394 e. The maximum Gasteiger partial charge on any atom is 0.0779 e. The van der Waals surface area contributed by atoms with Gasteiger partial charge in [0.1, 0.15) is 0 Å². The van der Waals surface area contributed by atoms with E-state index in [1.807, 2.05) is 0 Å². The quantitative estimate of drug-likeness (QED) is 0.658. The number of rotatable bonds is 4. The predicted octanol–water partition coefficient (Wildman–Crippen LogP) is 1.37. The van der Waals surface area contributed by atoms with E-state index in [1.165, 1.54) is 0 Å². The molecule has 2 N–H and O–H groups in total. The molecule has 0 heterocycles. The van der Waals surface area contributed by atoms with Gasteiger partial charge >= 0.3 is 0 Å². The van der Waals surface area contributed by atoms with E-state index in [9.17, 15) is 0 Å². The molecule has 0 rings (SSSR count). The van der Waals surface area contributed by atoms with Crippen LogP contribution in [0.3, 0.4) is 0 Å². The fraction of sp³-hybridized carbons (Fsp3) is 0.600. The predicted molar refractivity (Wildman–Crippen MR) is 56.7 cm³/mol. The van der Waals surface area contributed by atoms with Gasteiger partial charge in [-0.1, -0.05) is 0 Å². The smallest absolute Gasteiger partial charge is 0.0779 e. The van der Waals surface area contributed by atoms with Gasteiger partial charge in [-0.05, 0) is 13.8 Å². The number of aliphatic hydroxyl groups excluding tert-OH is 2. The first kappa shape index (κ1) is 18.2. The molecular formula is C10H22O3. The zero-order valence-corrected chi connectivity index (χ0v) is 8.70. The highest BCUT2D eigenvalue weighted by Gasteiger charge is 2.00. The molecule has 13 heavy (non-hydrogen) atoms. The third-order valence-electron chi connectivity index (χ3n) is 0.879. The number of aliphatic hydroxyl groups is 2. The molecule has 0 aliphatic rings. The Kier molecular flexibility index (Phi) is 24.4. The Bertz CT molecular complexity index is 82.2. The monoisotopic (exact) mass is 190 g/mol. The molecule has 0 spiro atoms. The number of hydrogen-bond acceptors (Lipinski definition) is 3. The molecular weight excluding hydrogens is 168 g/mol. The lowest BCUT2D eigenvalue weighted by Gasteiger charge is -2.10. The third-order valence-corrected chi connectivity index (χ3v) is 0.879.